The highest BCUT2D eigenvalue weighted by molar-refractivity contribution is 5.60. The van der Waals surface area contributed by atoms with Crippen molar-refractivity contribution in [3.8, 4) is 0 Å². The van der Waals surface area contributed by atoms with Gasteiger partial charge in [0.25, 0.3) is 6.47 Å². The van der Waals surface area contributed by atoms with Crippen LogP contribution in [0.15, 0.2) is 18.2 Å². The third kappa shape index (κ3) is 3.29. The Morgan fingerprint density at radius 2 is 2.09 bits per heavy atom. The number of rotatable bonds is 5. The van der Waals surface area contributed by atoms with Gasteiger partial charge in [-0.25, -0.2) is 0 Å². The minimum Gasteiger partial charge on any atom is -0.466 e. The Hall–Kier alpha value is -1.76. The zero-order valence-corrected chi connectivity index (χ0v) is 12.6. The first-order chi connectivity index (χ1) is 10.9. The number of hydrogen-bond donors (Lipinski definition) is 1. The van der Waals surface area contributed by atoms with Gasteiger partial charge < -0.3 is 15.4 Å². The van der Waals surface area contributed by atoms with Gasteiger partial charge in [0.1, 0.15) is 6.61 Å². The lowest BCUT2D eigenvalue weighted by molar-refractivity contribution is -0.137. The second-order valence-corrected chi connectivity index (χ2v) is 6.18. The lowest BCUT2D eigenvalue weighted by atomic mass is 9.88. The van der Waals surface area contributed by atoms with E-state index in [2.05, 4.69) is 4.90 Å². The van der Waals surface area contributed by atoms with Gasteiger partial charge in [0.05, 0.1) is 12.1 Å². The molecule has 0 radical (unpaired) electrons. The van der Waals surface area contributed by atoms with Gasteiger partial charge in [-0.1, -0.05) is 0 Å². The SMILES string of the molecule is NC1CC(C2CC2)N(CCOC=O)c2ccc(C(F)(F)F)cc21. The summed E-state index contributed by atoms with van der Waals surface area (Å²) in [6.45, 7) is 1.06. The van der Waals surface area contributed by atoms with Crippen LogP contribution in [0, 0.1) is 5.92 Å². The third-order valence-corrected chi connectivity index (χ3v) is 4.64. The molecule has 0 amide bonds. The number of benzene rings is 1. The van der Waals surface area contributed by atoms with Crippen LogP contribution in [-0.4, -0.2) is 25.7 Å². The summed E-state index contributed by atoms with van der Waals surface area (Å²) in [5, 5.41) is 0. The minimum absolute atomic E-state index is 0.199. The van der Waals surface area contributed by atoms with Crippen molar-refractivity contribution in [3.05, 3.63) is 29.3 Å². The fourth-order valence-corrected chi connectivity index (χ4v) is 3.40. The number of hydrogen-bond acceptors (Lipinski definition) is 4. The van der Waals surface area contributed by atoms with Crippen molar-refractivity contribution >= 4 is 12.2 Å². The molecule has 0 aromatic heterocycles. The van der Waals surface area contributed by atoms with E-state index in [0.717, 1.165) is 30.7 Å². The number of nitrogens with two attached hydrogens (primary N) is 1. The monoisotopic (exact) mass is 328 g/mol. The van der Waals surface area contributed by atoms with Crippen LogP contribution in [0.5, 0.6) is 0 Å². The van der Waals surface area contributed by atoms with Crippen LogP contribution in [0.2, 0.25) is 0 Å². The van der Waals surface area contributed by atoms with E-state index in [1.807, 2.05) is 0 Å². The lowest BCUT2D eigenvalue weighted by Crippen LogP contribution is -2.45. The summed E-state index contributed by atoms with van der Waals surface area (Å²) < 4.78 is 43.6. The smallest absolute Gasteiger partial charge is 0.416 e. The topological polar surface area (TPSA) is 55.6 Å². The van der Waals surface area contributed by atoms with Gasteiger partial charge in [0, 0.05) is 17.8 Å². The molecule has 2 atom stereocenters. The fraction of sp³-hybridized carbons (Fsp3) is 0.562. The Labute approximate surface area is 132 Å². The highest BCUT2D eigenvalue weighted by Gasteiger charge is 2.41. The summed E-state index contributed by atoms with van der Waals surface area (Å²) in [6.07, 6.45) is -1.54. The number of carbonyl (C=O) groups excluding carboxylic acids is 1. The normalized spacial score (nSPS) is 24.3. The van der Waals surface area contributed by atoms with E-state index in [9.17, 15) is 18.0 Å². The molecule has 0 saturated heterocycles. The number of ether oxygens (including phenoxy) is 1. The second kappa shape index (κ2) is 6.03. The lowest BCUT2D eigenvalue weighted by Gasteiger charge is -2.42. The summed E-state index contributed by atoms with van der Waals surface area (Å²) in [6, 6.07) is 3.53. The van der Waals surface area contributed by atoms with E-state index in [0.29, 0.717) is 30.9 Å². The maximum Gasteiger partial charge on any atom is 0.416 e. The maximum absolute atomic E-state index is 12.9. The Morgan fingerprint density at radius 3 is 2.70 bits per heavy atom. The molecule has 1 fully saturated rings. The Kier molecular flexibility index (Phi) is 4.23. The molecule has 1 heterocycles. The van der Waals surface area contributed by atoms with Crippen molar-refractivity contribution in [2.45, 2.75) is 37.5 Å². The molecule has 0 spiro atoms. The molecule has 2 N–H and O–H groups in total. The van der Waals surface area contributed by atoms with Crippen molar-refractivity contribution in [3.63, 3.8) is 0 Å². The molecule has 2 aliphatic rings. The molecule has 3 rings (SSSR count). The first-order valence-electron chi connectivity index (χ1n) is 7.70. The van der Waals surface area contributed by atoms with Crippen LogP contribution in [-0.2, 0) is 15.7 Å². The largest absolute Gasteiger partial charge is 0.466 e. The van der Waals surface area contributed by atoms with Gasteiger partial charge in [-0.05, 0) is 48.9 Å². The van der Waals surface area contributed by atoms with E-state index in [1.54, 1.807) is 0 Å². The predicted octanol–water partition coefficient (Wildman–Crippen LogP) is 2.87. The average molecular weight is 328 g/mol. The molecule has 0 bridgehead atoms. The second-order valence-electron chi connectivity index (χ2n) is 6.18. The average Bonchev–Trinajstić information content (AvgIpc) is 3.33. The van der Waals surface area contributed by atoms with Crippen LogP contribution in [0.25, 0.3) is 0 Å². The number of carbonyl (C=O) groups is 1. The number of alkyl halides is 3. The molecular formula is C16H19F3N2O2. The van der Waals surface area contributed by atoms with Crippen LogP contribution >= 0.6 is 0 Å². The number of halogens is 3. The molecule has 7 heteroatoms. The summed E-state index contributed by atoms with van der Waals surface area (Å²) >= 11 is 0. The number of nitrogens with zero attached hydrogens (tertiary/aromatic N) is 1. The van der Waals surface area contributed by atoms with E-state index in [4.69, 9.17) is 10.5 Å². The Balaban J connectivity index is 1.93. The van der Waals surface area contributed by atoms with Crippen LogP contribution in [0.4, 0.5) is 18.9 Å². The van der Waals surface area contributed by atoms with E-state index in [1.165, 1.54) is 6.07 Å². The Bertz CT molecular complexity index is 587. The highest BCUT2D eigenvalue weighted by Crippen LogP contribution is 2.46. The molecule has 1 aliphatic heterocycles. The molecule has 1 saturated carbocycles. The molecule has 1 aromatic rings. The molecule has 126 valence electrons. The van der Waals surface area contributed by atoms with E-state index in [-0.39, 0.29) is 12.6 Å². The van der Waals surface area contributed by atoms with Gasteiger partial charge in [-0.15, -0.1) is 0 Å². The molecule has 4 nitrogen and oxygen atoms in total. The zero-order chi connectivity index (χ0) is 16.6. The van der Waals surface area contributed by atoms with Gasteiger partial charge in [0.15, 0.2) is 0 Å². The highest BCUT2D eigenvalue weighted by atomic mass is 19.4. The van der Waals surface area contributed by atoms with Crippen LogP contribution in [0.3, 0.4) is 0 Å². The molecule has 1 aliphatic carbocycles. The van der Waals surface area contributed by atoms with Gasteiger partial charge >= 0.3 is 6.18 Å². The fourth-order valence-electron chi connectivity index (χ4n) is 3.40. The summed E-state index contributed by atoms with van der Waals surface area (Å²) in [4.78, 5) is 12.4. The standard InChI is InChI=1S/C16H19F3N2O2/c17-16(18,19)11-3-4-14-12(7-11)13(20)8-15(10-1-2-10)21(14)5-6-23-9-22/h3-4,7,9-10,13,15H,1-2,5-6,8,20H2. The van der Waals surface area contributed by atoms with Gasteiger partial charge in [-0.2, -0.15) is 13.2 Å². The maximum atomic E-state index is 12.9. The van der Waals surface area contributed by atoms with Crippen LogP contribution in [0.1, 0.15) is 36.4 Å². The van der Waals surface area contributed by atoms with Crippen molar-refractivity contribution in [2.75, 3.05) is 18.1 Å². The van der Waals surface area contributed by atoms with Crippen molar-refractivity contribution in [1.29, 1.82) is 0 Å². The van der Waals surface area contributed by atoms with Gasteiger partial charge in [-0.3, -0.25) is 4.79 Å². The van der Waals surface area contributed by atoms with E-state index < -0.39 is 17.8 Å². The first kappa shape index (κ1) is 16.1. The summed E-state index contributed by atoms with van der Waals surface area (Å²) in [5.41, 5.74) is 6.71. The first-order valence-corrected chi connectivity index (χ1v) is 7.70. The van der Waals surface area contributed by atoms with E-state index >= 15 is 0 Å². The molecule has 23 heavy (non-hydrogen) atoms. The minimum atomic E-state index is -4.38. The molecule has 2 unspecified atom stereocenters. The van der Waals surface area contributed by atoms with Crippen molar-refractivity contribution in [1.82, 2.24) is 0 Å². The van der Waals surface area contributed by atoms with Crippen molar-refractivity contribution < 1.29 is 22.7 Å². The van der Waals surface area contributed by atoms with Gasteiger partial charge in [0.2, 0.25) is 0 Å². The van der Waals surface area contributed by atoms with Crippen molar-refractivity contribution in [2.24, 2.45) is 11.7 Å². The summed E-state index contributed by atoms with van der Waals surface area (Å²) in [7, 11) is 0. The molecular weight excluding hydrogens is 309 g/mol. The zero-order valence-electron chi connectivity index (χ0n) is 12.6. The van der Waals surface area contributed by atoms with Crippen LogP contribution < -0.4 is 10.6 Å². The quantitative estimate of drug-likeness (QED) is 0.667. The number of anilines is 1. The third-order valence-electron chi connectivity index (χ3n) is 4.64. The number of fused-ring (bicyclic) bond motifs is 1. The Morgan fingerprint density at radius 1 is 1.35 bits per heavy atom. The predicted molar refractivity (Wildman–Crippen MR) is 78.9 cm³/mol. The summed E-state index contributed by atoms with van der Waals surface area (Å²) in [5.74, 6) is 0.521. The molecule has 1 aromatic carbocycles.